The van der Waals surface area contributed by atoms with Gasteiger partial charge in [-0.1, -0.05) is 44.2 Å². The Labute approximate surface area is 132 Å². The molecule has 0 radical (unpaired) electrons. The van der Waals surface area contributed by atoms with E-state index in [9.17, 15) is 0 Å². The van der Waals surface area contributed by atoms with Gasteiger partial charge < -0.3 is 15.6 Å². The summed E-state index contributed by atoms with van der Waals surface area (Å²) in [5, 5.41) is 3.14. The summed E-state index contributed by atoms with van der Waals surface area (Å²) in [6.07, 6.45) is 4.73. The molecule has 0 aliphatic carbocycles. The van der Waals surface area contributed by atoms with Gasteiger partial charge in [0.1, 0.15) is 12.4 Å². The van der Waals surface area contributed by atoms with Gasteiger partial charge in [0.15, 0.2) is 5.96 Å². The lowest BCUT2D eigenvalue weighted by Gasteiger charge is -2.09. The number of nitrogens with one attached hydrogen (secondary N) is 1. The first kappa shape index (κ1) is 16.1. The van der Waals surface area contributed by atoms with E-state index in [0.717, 1.165) is 25.3 Å². The largest absolute Gasteiger partial charge is 0.370 e. The zero-order valence-corrected chi connectivity index (χ0v) is 13.4. The van der Waals surface area contributed by atoms with Crippen molar-refractivity contribution in [1.82, 2.24) is 14.9 Å². The Hall–Kier alpha value is -2.30. The predicted octanol–water partition coefficient (Wildman–Crippen LogP) is 2.19. The van der Waals surface area contributed by atoms with Gasteiger partial charge in [0.25, 0.3) is 0 Å². The van der Waals surface area contributed by atoms with Crippen molar-refractivity contribution >= 4 is 5.96 Å². The Kier molecular flexibility index (Phi) is 6.01. The van der Waals surface area contributed by atoms with Crippen molar-refractivity contribution in [3.8, 4) is 0 Å². The van der Waals surface area contributed by atoms with Crippen LogP contribution in [0.3, 0.4) is 0 Å². The zero-order chi connectivity index (χ0) is 15.8. The Morgan fingerprint density at radius 1 is 1.32 bits per heavy atom. The summed E-state index contributed by atoms with van der Waals surface area (Å²) < 4.78 is 2.13. The molecule has 0 bridgehead atoms. The SMILES string of the molecule is CC(C)Cn1ccnc1CN=C(N)NCCc1ccccc1. The van der Waals surface area contributed by atoms with Gasteiger partial charge in [0.2, 0.25) is 0 Å². The van der Waals surface area contributed by atoms with Crippen molar-refractivity contribution in [3.05, 3.63) is 54.1 Å². The molecule has 2 rings (SSSR count). The van der Waals surface area contributed by atoms with Crippen molar-refractivity contribution < 1.29 is 0 Å². The number of nitrogens with zero attached hydrogens (tertiary/aromatic N) is 3. The first-order valence-electron chi connectivity index (χ1n) is 7.73. The maximum absolute atomic E-state index is 5.91. The molecule has 3 N–H and O–H groups in total. The highest BCUT2D eigenvalue weighted by atomic mass is 15.1. The van der Waals surface area contributed by atoms with Crippen LogP contribution in [0.25, 0.3) is 0 Å². The van der Waals surface area contributed by atoms with Crippen molar-refractivity contribution in [2.24, 2.45) is 16.6 Å². The molecule has 2 aromatic rings. The fourth-order valence-corrected chi connectivity index (χ4v) is 2.24. The van der Waals surface area contributed by atoms with E-state index in [1.165, 1.54) is 5.56 Å². The van der Waals surface area contributed by atoms with Crippen LogP contribution in [0.15, 0.2) is 47.7 Å². The Morgan fingerprint density at radius 3 is 2.82 bits per heavy atom. The molecule has 0 saturated carbocycles. The molecule has 5 nitrogen and oxygen atoms in total. The van der Waals surface area contributed by atoms with Gasteiger partial charge in [-0.15, -0.1) is 0 Å². The highest BCUT2D eigenvalue weighted by molar-refractivity contribution is 5.77. The van der Waals surface area contributed by atoms with Gasteiger partial charge >= 0.3 is 0 Å². The Balaban J connectivity index is 1.79. The van der Waals surface area contributed by atoms with E-state index >= 15 is 0 Å². The number of aliphatic imine (C=N–C) groups is 1. The number of guanidine groups is 1. The van der Waals surface area contributed by atoms with Gasteiger partial charge in [-0.05, 0) is 17.9 Å². The molecular weight excluding hydrogens is 274 g/mol. The second-order valence-corrected chi connectivity index (χ2v) is 5.75. The number of hydrogen-bond acceptors (Lipinski definition) is 2. The summed E-state index contributed by atoms with van der Waals surface area (Å²) in [4.78, 5) is 8.71. The molecule has 0 unspecified atom stereocenters. The third-order valence-electron chi connectivity index (χ3n) is 3.32. The summed E-state index contributed by atoms with van der Waals surface area (Å²) in [7, 11) is 0. The molecule has 22 heavy (non-hydrogen) atoms. The number of hydrogen-bond donors (Lipinski definition) is 2. The van der Waals surface area contributed by atoms with Crippen LogP contribution in [0.5, 0.6) is 0 Å². The van der Waals surface area contributed by atoms with Gasteiger partial charge in [-0.25, -0.2) is 9.98 Å². The van der Waals surface area contributed by atoms with E-state index in [2.05, 4.69) is 45.8 Å². The fourth-order valence-electron chi connectivity index (χ4n) is 2.24. The van der Waals surface area contributed by atoms with Crippen LogP contribution in [0.1, 0.15) is 25.2 Å². The molecule has 0 aliphatic heterocycles. The van der Waals surface area contributed by atoms with E-state index in [-0.39, 0.29) is 0 Å². The van der Waals surface area contributed by atoms with Gasteiger partial charge in [0.05, 0.1) is 0 Å². The minimum Gasteiger partial charge on any atom is -0.370 e. The van der Waals surface area contributed by atoms with Crippen molar-refractivity contribution in [1.29, 1.82) is 0 Å². The van der Waals surface area contributed by atoms with Crippen LogP contribution in [-0.2, 0) is 19.5 Å². The normalized spacial score (nSPS) is 11.9. The quantitative estimate of drug-likeness (QED) is 0.608. The standard InChI is InChI=1S/C17H25N5/c1-14(2)13-22-11-10-19-16(22)12-21-17(18)20-9-8-15-6-4-3-5-7-15/h3-7,10-11,14H,8-9,12-13H2,1-2H3,(H3,18,20,21). The number of rotatable bonds is 7. The summed E-state index contributed by atoms with van der Waals surface area (Å²) in [5.74, 6) is 2.00. The zero-order valence-electron chi connectivity index (χ0n) is 13.4. The molecule has 5 heteroatoms. The molecule has 118 valence electrons. The Morgan fingerprint density at radius 2 is 2.09 bits per heavy atom. The highest BCUT2D eigenvalue weighted by Crippen LogP contribution is 2.04. The first-order valence-corrected chi connectivity index (χ1v) is 7.73. The van der Waals surface area contributed by atoms with Crippen LogP contribution in [0, 0.1) is 5.92 Å². The molecule has 1 heterocycles. The lowest BCUT2D eigenvalue weighted by atomic mass is 10.1. The maximum atomic E-state index is 5.91. The molecule has 0 spiro atoms. The second kappa shape index (κ2) is 8.22. The van der Waals surface area contributed by atoms with E-state index < -0.39 is 0 Å². The van der Waals surface area contributed by atoms with Crippen LogP contribution >= 0.6 is 0 Å². The van der Waals surface area contributed by atoms with Crippen molar-refractivity contribution in [2.45, 2.75) is 33.4 Å². The topological polar surface area (TPSA) is 68.2 Å². The summed E-state index contributed by atoms with van der Waals surface area (Å²) >= 11 is 0. The highest BCUT2D eigenvalue weighted by Gasteiger charge is 2.04. The number of nitrogens with two attached hydrogens (primary N) is 1. The van der Waals surface area contributed by atoms with Crippen molar-refractivity contribution in [2.75, 3.05) is 6.54 Å². The maximum Gasteiger partial charge on any atom is 0.189 e. The van der Waals surface area contributed by atoms with E-state index in [1.54, 1.807) is 0 Å². The third-order valence-corrected chi connectivity index (χ3v) is 3.32. The van der Waals surface area contributed by atoms with Crippen molar-refractivity contribution in [3.63, 3.8) is 0 Å². The average molecular weight is 299 g/mol. The molecule has 0 aliphatic rings. The summed E-state index contributed by atoms with van der Waals surface area (Å²) in [6, 6.07) is 10.3. The van der Waals surface area contributed by atoms with Crippen LogP contribution in [0.4, 0.5) is 0 Å². The van der Waals surface area contributed by atoms with E-state index in [0.29, 0.717) is 18.4 Å². The molecule has 0 saturated heterocycles. The average Bonchev–Trinajstić information content (AvgIpc) is 2.93. The molecule has 1 aromatic carbocycles. The molecule has 0 atom stereocenters. The minimum absolute atomic E-state index is 0.468. The number of imidazole rings is 1. The molecule has 0 amide bonds. The molecule has 1 aromatic heterocycles. The Bertz CT molecular complexity index is 586. The lowest BCUT2D eigenvalue weighted by Crippen LogP contribution is -2.33. The van der Waals surface area contributed by atoms with E-state index in [4.69, 9.17) is 5.73 Å². The summed E-state index contributed by atoms with van der Waals surface area (Å²) in [5.41, 5.74) is 7.19. The van der Waals surface area contributed by atoms with Crippen LogP contribution in [-0.4, -0.2) is 22.1 Å². The minimum atomic E-state index is 0.468. The predicted molar refractivity (Wildman–Crippen MR) is 90.5 cm³/mol. The number of aromatic nitrogens is 2. The monoisotopic (exact) mass is 299 g/mol. The molecule has 0 fully saturated rings. The summed E-state index contributed by atoms with van der Waals surface area (Å²) in [6.45, 7) is 6.61. The van der Waals surface area contributed by atoms with Gasteiger partial charge in [-0.2, -0.15) is 0 Å². The first-order chi connectivity index (χ1) is 10.6. The second-order valence-electron chi connectivity index (χ2n) is 5.75. The number of benzene rings is 1. The fraction of sp³-hybridized carbons (Fsp3) is 0.412. The molecular formula is C17H25N5. The third kappa shape index (κ3) is 5.24. The van der Waals surface area contributed by atoms with Gasteiger partial charge in [-0.3, -0.25) is 0 Å². The van der Waals surface area contributed by atoms with E-state index in [1.807, 2.05) is 30.6 Å². The van der Waals surface area contributed by atoms with Crippen LogP contribution in [0.2, 0.25) is 0 Å². The lowest BCUT2D eigenvalue weighted by molar-refractivity contribution is 0.507. The van der Waals surface area contributed by atoms with Crippen LogP contribution < -0.4 is 11.1 Å². The van der Waals surface area contributed by atoms with Gasteiger partial charge in [0, 0.05) is 25.5 Å². The smallest absolute Gasteiger partial charge is 0.189 e.